The highest BCUT2D eigenvalue weighted by Crippen LogP contribution is 2.16. The maximum atomic E-state index is 12.1. The Morgan fingerprint density at radius 2 is 2.00 bits per heavy atom. The molecule has 0 unspecified atom stereocenters. The van der Waals surface area contributed by atoms with Gasteiger partial charge in [-0.05, 0) is 25.5 Å². The number of Topliss-reactive ketones (excluding diaryl/α,β-unsaturated/α-hetero) is 1. The maximum Gasteiger partial charge on any atom is 0.242 e. The molecule has 17 heavy (non-hydrogen) atoms. The number of carbonyl (C=O) groups is 1. The zero-order valence-electron chi connectivity index (χ0n) is 10.3. The predicted octanol–water partition coefficient (Wildman–Crippen LogP) is 1.92. The lowest BCUT2D eigenvalue weighted by Crippen LogP contribution is -2.27. The molecule has 0 saturated carbocycles. The van der Waals surface area contributed by atoms with Crippen LogP contribution in [0.25, 0.3) is 0 Å². The fourth-order valence-electron chi connectivity index (χ4n) is 1.49. The zero-order valence-corrected chi connectivity index (χ0v) is 11.1. The molecule has 1 aromatic carbocycles. The average molecular weight is 255 g/mol. The minimum Gasteiger partial charge on any atom is -0.295 e. The van der Waals surface area contributed by atoms with E-state index < -0.39 is 10.0 Å². The van der Waals surface area contributed by atoms with Gasteiger partial charge in [0.2, 0.25) is 10.0 Å². The molecular weight excluding hydrogens is 238 g/mol. The first-order valence-electron chi connectivity index (χ1n) is 5.47. The lowest BCUT2D eigenvalue weighted by atomic mass is 10.2. The molecule has 0 aromatic heterocycles. The third kappa shape index (κ3) is 3.14. The molecule has 0 heterocycles. The lowest BCUT2D eigenvalue weighted by Gasteiger charge is -2.16. The molecule has 0 N–H and O–H groups in total. The minimum atomic E-state index is -3.48. The van der Waals surface area contributed by atoms with Crippen LogP contribution in [0.1, 0.15) is 30.6 Å². The molecule has 0 amide bonds. The first-order chi connectivity index (χ1) is 7.89. The van der Waals surface area contributed by atoms with Crippen LogP contribution in [-0.2, 0) is 10.0 Å². The van der Waals surface area contributed by atoms with Crippen LogP contribution in [0.5, 0.6) is 0 Å². The van der Waals surface area contributed by atoms with Gasteiger partial charge in [-0.3, -0.25) is 4.79 Å². The van der Waals surface area contributed by atoms with Gasteiger partial charge in [-0.25, -0.2) is 12.7 Å². The topological polar surface area (TPSA) is 54.5 Å². The lowest BCUT2D eigenvalue weighted by molar-refractivity contribution is 0.101. The van der Waals surface area contributed by atoms with Crippen molar-refractivity contribution < 1.29 is 13.2 Å². The van der Waals surface area contributed by atoms with Gasteiger partial charge in [0.25, 0.3) is 0 Å². The van der Waals surface area contributed by atoms with Gasteiger partial charge in [0.1, 0.15) is 0 Å². The molecule has 0 fully saturated rings. The summed E-state index contributed by atoms with van der Waals surface area (Å²) < 4.78 is 25.5. The number of carbonyl (C=O) groups excluding carboxylic acids is 1. The fourth-order valence-corrected chi connectivity index (χ4v) is 2.80. The van der Waals surface area contributed by atoms with E-state index in [9.17, 15) is 13.2 Å². The highest BCUT2D eigenvalue weighted by Gasteiger charge is 2.20. The van der Waals surface area contributed by atoms with E-state index in [1.807, 2.05) is 6.92 Å². The van der Waals surface area contributed by atoms with Gasteiger partial charge in [-0.2, -0.15) is 0 Å². The van der Waals surface area contributed by atoms with E-state index in [2.05, 4.69) is 0 Å². The van der Waals surface area contributed by atoms with E-state index in [1.165, 1.54) is 23.4 Å². The molecule has 4 nitrogen and oxygen atoms in total. The van der Waals surface area contributed by atoms with Crippen LogP contribution in [0.2, 0.25) is 0 Å². The van der Waals surface area contributed by atoms with Crippen LogP contribution >= 0.6 is 0 Å². The summed E-state index contributed by atoms with van der Waals surface area (Å²) >= 11 is 0. The summed E-state index contributed by atoms with van der Waals surface area (Å²) in [6.45, 7) is 3.80. The van der Waals surface area contributed by atoms with E-state index in [0.29, 0.717) is 12.1 Å². The monoisotopic (exact) mass is 255 g/mol. The standard InChI is InChI=1S/C12H17NO3S/c1-4-8-13(3)17(15,16)12-7-5-6-11(9-12)10(2)14/h5-7,9H,4,8H2,1-3H3. The van der Waals surface area contributed by atoms with Crippen molar-refractivity contribution in [3.05, 3.63) is 29.8 Å². The average Bonchev–Trinajstić information content (AvgIpc) is 2.29. The van der Waals surface area contributed by atoms with Gasteiger partial charge in [0, 0.05) is 19.2 Å². The molecule has 0 saturated heterocycles. The van der Waals surface area contributed by atoms with Gasteiger partial charge in [0.05, 0.1) is 4.90 Å². The summed E-state index contributed by atoms with van der Waals surface area (Å²) in [5, 5.41) is 0. The third-order valence-electron chi connectivity index (χ3n) is 2.49. The number of rotatable bonds is 5. The van der Waals surface area contributed by atoms with Crippen LogP contribution in [0.15, 0.2) is 29.2 Å². The van der Waals surface area contributed by atoms with E-state index in [1.54, 1.807) is 19.2 Å². The number of benzene rings is 1. The van der Waals surface area contributed by atoms with E-state index >= 15 is 0 Å². The Morgan fingerprint density at radius 1 is 1.35 bits per heavy atom. The number of hydrogen-bond donors (Lipinski definition) is 0. The zero-order chi connectivity index (χ0) is 13.1. The summed E-state index contributed by atoms with van der Waals surface area (Å²) in [5.41, 5.74) is 0.413. The van der Waals surface area contributed by atoms with Crippen molar-refractivity contribution in [1.29, 1.82) is 0 Å². The molecule has 0 atom stereocenters. The second kappa shape index (κ2) is 5.42. The molecule has 94 valence electrons. The third-order valence-corrected chi connectivity index (χ3v) is 4.34. The molecular formula is C12H17NO3S. The van der Waals surface area contributed by atoms with Crippen molar-refractivity contribution >= 4 is 15.8 Å². The summed E-state index contributed by atoms with van der Waals surface area (Å²) in [6.07, 6.45) is 0.752. The van der Waals surface area contributed by atoms with Gasteiger partial charge in [-0.1, -0.05) is 19.1 Å². The molecule has 0 radical (unpaired) electrons. The van der Waals surface area contributed by atoms with Gasteiger partial charge >= 0.3 is 0 Å². The fraction of sp³-hybridized carbons (Fsp3) is 0.417. The van der Waals surface area contributed by atoms with E-state index in [-0.39, 0.29) is 10.7 Å². The first kappa shape index (κ1) is 13.9. The molecule has 0 aliphatic heterocycles. The summed E-state index contributed by atoms with van der Waals surface area (Å²) in [5.74, 6) is -0.139. The summed E-state index contributed by atoms with van der Waals surface area (Å²) in [7, 11) is -1.94. The predicted molar refractivity (Wildman–Crippen MR) is 66.6 cm³/mol. The van der Waals surface area contributed by atoms with Gasteiger partial charge < -0.3 is 0 Å². The van der Waals surface area contributed by atoms with Gasteiger partial charge in [-0.15, -0.1) is 0 Å². The molecule has 0 bridgehead atoms. The Balaban J connectivity index is 3.15. The van der Waals surface area contributed by atoms with E-state index in [4.69, 9.17) is 0 Å². The number of hydrogen-bond acceptors (Lipinski definition) is 3. The Hall–Kier alpha value is -1.20. The van der Waals surface area contributed by atoms with Crippen molar-refractivity contribution in [3.8, 4) is 0 Å². The maximum absolute atomic E-state index is 12.1. The van der Waals surface area contributed by atoms with Crippen molar-refractivity contribution in [2.24, 2.45) is 0 Å². The van der Waals surface area contributed by atoms with E-state index in [0.717, 1.165) is 6.42 Å². The minimum absolute atomic E-state index is 0.139. The highest BCUT2D eigenvalue weighted by molar-refractivity contribution is 7.89. The SMILES string of the molecule is CCCN(C)S(=O)(=O)c1cccc(C(C)=O)c1. The van der Waals surface area contributed by atoms with Crippen molar-refractivity contribution in [1.82, 2.24) is 4.31 Å². The van der Waals surface area contributed by atoms with Crippen LogP contribution in [0.4, 0.5) is 0 Å². The Labute approximate surface area is 102 Å². The van der Waals surface area contributed by atoms with Crippen LogP contribution in [0, 0.1) is 0 Å². The molecule has 5 heteroatoms. The van der Waals surface area contributed by atoms with Crippen LogP contribution < -0.4 is 0 Å². The van der Waals surface area contributed by atoms with Crippen LogP contribution in [-0.4, -0.2) is 32.1 Å². The van der Waals surface area contributed by atoms with Gasteiger partial charge in [0.15, 0.2) is 5.78 Å². The summed E-state index contributed by atoms with van der Waals surface area (Å²) in [4.78, 5) is 11.4. The number of sulfonamides is 1. The second-order valence-electron chi connectivity index (χ2n) is 3.91. The number of ketones is 1. The smallest absolute Gasteiger partial charge is 0.242 e. The molecule has 0 spiro atoms. The first-order valence-corrected chi connectivity index (χ1v) is 6.91. The largest absolute Gasteiger partial charge is 0.295 e. The Bertz CT molecular complexity index is 508. The van der Waals surface area contributed by atoms with Crippen molar-refractivity contribution in [3.63, 3.8) is 0 Å². The molecule has 1 rings (SSSR count). The quantitative estimate of drug-likeness (QED) is 0.755. The van der Waals surface area contributed by atoms with Crippen LogP contribution in [0.3, 0.4) is 0 Å². The highest BCUT2D eigenvalue weighted by atomic mass is 32.2. The van der Waals surface area contributed by atoms with Crippen molar-refractivity contribution in [2.45, 2.75) is 25.2 Å². The number of nitrogens with zero attached hydrogens (tertiary/aromatic N) is 1. The molecule has 0 aliphatic carbocycles. The molecule has 1 aromatic rings. The normalized spacial score (nSPS) is 11.8. The van der Waals surface area contributed by atoms with Crippen molar-refractivity contribution in [2.75, 3.05) is 13.6 Å². The summed E-state index contributed by atoms with van der Waals surface area (Å²) in [6, 6.07) is 6.13. The Kier molecular flexibility index (Phi) is 4.42. The molecule has 0 aliphatic rings. The Morgan fingerprint density at radius 3 is 2.53 bits per heavy atom. The second-order valence-corrected chi connectivity index (χ2v) is 5.96.